The molecule has 1 heterocycles. The molecular formula is C13H15NO3S. The maximum Gasteiger partial charge on any atom is 0.243 e. The highest BCUT2D eigenvalue weighted by molar-refractivity contribution is 7.89. The van der Waals surface area contributed by atoms with E-state index in [0.29, 0.717) is 24.3 Å². The molecule has 3 rings (SSSR count). The zero-order valence-electron chi connectivity index (χ0n) is 10.2. The van der Waals surface area contributed by atoms with Crippen LogP contribution in [0.2, 0.25) is 0 Å². The molecule has 2 fully saturated rings. The summed E-state index contributed by atoms with van der Waals surface area (Å²) in [6, 6.07) is 6.78. The Morgan fingerprint density at radius 3 is 2.44 bits per heavy atom. The van der Waals surface area contributed by atoms with Crippen LogP contribution in [0, 0.1) is 12.8 Å². The Kier molecular flexibility index (Phi) is 2.57. The standard InChI is InChI=1S/C13H15NO3S/c1-9-2-4-10(5-3-9)18(16,17)14-7-6-11-12(14)8-13(11)15/h2-5,11-12H,6-8H2,1H3. The second kappa shape index (κ2) is 3.90. The van der Waals surface area contributed by atoms with E-state index in [1.807, 2.05) is 6.92 Å². The third kappa shape index (κ3) is 1.61. The van der Waals surface area contributed by atoms with Crippen molar-refractivity contribution in [3.8, 4) is 0 Å². The molecule has 1 aliphatic heterocycles. The van der Waals surface area contributed by atoms with Gasteiger partial charge in [-0.25, -0.2) is 8.42 Å². The Balaban J connectivity index is 1.92. The molecular weight excluding hydrogens is 250 g/mol. The quantitative estimate of drug-likeness (QED) is 0.811. The van der Waals surface area contributed by atoms with Gasteiger partial charge in [-0.3, -0.25) is 4.79 Å². The number of benzene rings is 1. The van der Waals surface area contributed by atoms with Gasteiger partial charge < -0.3 is 0 Å². The molecule has 0 bridgehead atoms. The van der Waals surface area contributed by atoms with Crippen LogP contribution in [0.1, 0.15) is 18.4 Å². The number of hydrogen-bond donors (Lipinski definition) is 0. The lowest BCUT2D eigenvalue weighted by Gasteiger charge is -2.33. The molecule has 5 heteroatoms. The summed E-state index contributed by atoms with van der Waals surface area (Å²) in [4.78, 5) is 11.7. The van der Waals surface area contributed by atoms with E-state index in [1.54, 1.807) is 24.3 Å². The number of aryl methyl sites for hydroxylation is 1. The summed E-state index contributed by atoms with van der Waals surface area (Å²) in [6.45, 7) is 2.39. The maximum absolute atomic E-state index is 12.5. The highest BCUT2D eigenvalue weighted by Crippen LogP contribution is 2.40. The van der Waals surface area contributed by atoms with Crippen molar-refractivity contribution in [3.05, 3.63) is 29.8 Å². The number of sulfonamides is 1. The molecule has 1 aromatic carbocycles. The van der Waals surface area contributed by atoms with Crippen molar-refractivity contribution >= 4 is 15.8 Å². The van der Waals surface area contributed by atoms with Crippen molar-refractivity contribution in [1.82, 2.24) is 4.31 Å². The van der Waals surface area contributed by atoms with Crippen LogP contribution < -0.4 is 0 Å². The Morgan fingerprint density at radius 2 is 1.89 bits per heavy atom. The van der Waals surface area contributed by atoms with Gasteiger partial charge in [0.15, 0.2) is 0 Å². The monoisotopic (exact) mass is 265 g/mol. The van der Waals surface area contributed by atoms with Crippen molar-refractivity contribution in [1.29, 1.82) is 0 Å². The lowest BCUT2D eigenvalue weighted by Crippen LogP contribution is -2.48. The second-order valence-electron chi connectivity index (χ2n) is 5.06. The van der Waals surface area contributed by atoms with Crippen LogP contribution in [0.5, 0.6) is 0 Å². The zero-order chi connectivity index (χ0) is 12.9. The van der Waals surface area contributed by atoms with Crippen molar-refractivity contribution in [2.24, 2.45) is 5.92 Å². The molecule has 4 nitrogen and oxygen atoms in total. The maximum atomic E-state index is 12.5. The normalized spacial score (nSPS) is 27.9. The summed E-state index contributed by atoms with van der Waals surface area (Å²) >= 11 is 0. The van der Waals surface area contributed by atoms with Gasteiger partial charge >= 0.3 is 0 Å². The predicted octanol–water partition coefficient (Wildman–Crippen LogP) is 1.35. The minimum atomic E-state index is -3.43. The Bertz CT molecular complexity index is 591. The van der Waals surface area contributed by atoms with Gasteiger partial charge in [-0.15, -0.1) is 0 Å². The van der Waals surface area contributed by atoms with E-state index in [-0.39, 0.29) is 17.7 Å². The number of hydrogen-bond acceptors (Lipinski definition) is 3. The summed E-state index contributed by atoms with van der Waals surface area (Å²) in [6.07, 6.45) is 1.06. The van der Waals surface area contributed by atoms with Gasteiger partial charge in [0.2, 0.25) is 10.0 Å². The van der Waals surface area contributed by atoms with Crippen LogP contribution in [-0.2, 0) is 14.8 Å². The molecule has 0 N–H and O–H groups in total. The molecule has 0 radical (unpaired) electrons. The van der Waals surface area contributed by atoms with Crippen molar-refractivity contribution < 1.29 is 13.2 Å². The van der Waals surface area contributed by atoms with Gasteiger partial charge in [-0.05, 0) is 25.5 Å². The van der Waals surface area contributed by atoms with Gasteiger partial charge in [0, 0.05) is 24.9 Å². The van der Waals surface area contributed by atoms with Gasteiger partial charge in [0.05, 0.1) is 4.90 Å². The third-order valence-corrected chi connectivity index (χ3v) is 5.89. The molecule has 0 aromatic heterocycles. The second-order valence-corrected chi connectivity index (χ2v) is 6.95. The summed E-state index contributed by atoms with van der Waals surface area (Å²) < 4.78 is 26.4. The number of Topliss-reactive ketones (excluding diaryl/α,β-unsaturated/α-hetero) is 1. The van der Waals surface area contributed by atoms with E-state index in [2.05, 4.69) is 0 Å². The molecule has 2 aliphatic rings. The Morgan fingerprint density at radius 1 is 1.22 bits per heavy atom. The summed E-state index contributed by atoms with van der Waals surface area (Å²) in [5.41, 5.74) is 1.03. The summed E-state index contributed by atoms with van der Waals surface area (Å²) in [5, 5.41) is 0. The van der Waals surface area contributed by atoms with Crippen molar-refractivity contribution in [2.45, 2.75) is 30.7 Å². The van der Waals surface area contributed by atoms with Crippen LogP contribution >= 0.6 is 0 Å². The number of nitrogens with zero attached hydrogens (tertiary/aromatic N) is 1. The first-order valence-electron chi connectivity index (χ1n) is 6.11. The lowest BCUT2D eigenvalue weighted by atomic mass is 9.79. The highest BCUT2D eigenvalue weighted by atomic mass is 32.2. The summed E-state index contributed by atoms with van der Waals surface area (Å²) in [7, 11) is -3.43. The fraction of sp³-hybridized carbons (Fsp3) is 0.462. The van der Waals surface area contributed by atoms with Gasteiger partial charge in [0.25, 0.3) is 0 Å². The largest absolute Gasteiger partial charge is 0.299 e. The van der Waals surface area contributed by atoms with Crippen LogP contribution in [0.3, 0.4) is 0 Å². The van der Waals surface area contributed by atoms with Crippen LogP contribution in [0.25, 0.3) is 0 Å². The lowest BCUT2D eigenvalue weighted by molar-refractivity contribution is -0.130. The van der Waals surface area contributed by atoms with Gasteiger partial charge in [0.1, 0.15) is 5.78 Å². The van der Waals surface area contributed by atoms with Crippen LogP contribution in [-0.4, -0.2) is 31.1 Å². The van der Waals surface area contributed by atoms with Gasteiger partial charge in [-0.1, -0.05) is 17.7 Å². The molecule has 1 saturated heterocycles. The zero-order valence-corrected chi connectivity index (χ0v) is 11.0. The average Bonchev–Trinajstić information content (AvgIpc) is 2.67. The molecule has 96 valence electrons. The molecule has 0 amide bonds. The van der Waals surface area contributed by atoms with Crippen LogP contribution in [0.4, 0.5) is 0 Å². The molecule has 1 aliphatic carbocycles. The summed E-state index contributed by atoms with van der Waals surface area (Å²) in [5.74, 6) is 0.159. The molecule has 2 unspecified atom stereocenters. The Hall–Kier alpha value is -1.20. The van der Waals surface area contributed by atoms with E-state index in [4.69, 9.17) is 0 Å². The number of carbonyl (C=O) groups is 1. The smallest absolute Gasteiger partial charge is 0.243 e. The van der Waals surface area contributed by atoms with Gasteiger partial charge in [-0.2, -0.15) is 4.31 Å². The number of ketones is 1. The molecule has 2 atom stereocenters. The van der Waals surface area contributed by atoms with Crippen molar-refractivity contribution in [2.75, 3.05) is 6.54 Å². The highest BCUT2D eigenvalue weighted by Gasteiger charge is 2.51. The molecule has 1 saturated carbocycles. The minimum absolute atomic E-state index is 0.0507. The fourth-order valence-corrected chi connectivity index (χ4v) is 4.46. The minimum Gasteiger partial charge on any atom is -0.299 e. The molecule has 0 spiro atoms. The molecule has 1 aromatic rings. The van der Waals surface area contributed by atoms with Crippen molar-refractivity contribution in [3.63, 3.8) is 0 Å². The molecule has 18 heavy (non-hydrogen) atoms. The SMILES string of the molecule is Cc1ccc(S(=O)(=O)N2CCC3C(=O)CC32)cc1. The van der Waals surface area contributed by atoms with Crippen LogP contribution in [0.15, 0.2) is 29.2 Å². The third-order valence-electron chi connectivity index (χ3n) is 3.95. The van der Waals surface area contributed by atoms with E-state index < -0.39 is 10.0 Å². The van der Waals surface area contributed by atoms with E-state index in [0.717, 1.165) is 5.56 Å². The fourth-order valence-electron chi connectivity index (χ4n) is 2.79. The number of rotatable bonds is 2. The Labute approximate surface area is 107 Å². The van der Waals surface area contributed by atoms with E-state index in [9.17, 15) is 13.2 Å². The first-order chi connectivity index (χ1) is 8.50. The number of fused-ring (bicyclic) bond motifs is 1. The first-order valence-corrected chi connectivity index (χ1v) is 7.55. The topological polar surface area (TPSA) is 54.5 Å². The van der Waals surface area contributed by atoms with E-state index >= 15 is 0 Å². The predicted molar refractivity (Wildman–Crippen MR) is 66.6 cm³/mol. The average molecular weight is 265 g/mol. The van der Waals surface area contributed by atoms with E-state index in [1.165, 1.54) is 4.31 Å². The first kappa shape index (κ1) is 11.9. The number of carbonyl (C=O) groups excluding carboxylic acids is 1.